The highest BCUT2D eigenvalue weighted by molar-refractivity contribution is 5.84. The number of Topliss-reactive ketones (excluding diaryl/α,β-unsaturated/α-hetero) is 1. The number of anilines is 1. The van der Waals surface area contributed by atoms with E-state index in [1.165, 1.54) is 31.4 Å². The third-order valence-corrected chi connectivity index (χ3v) is 3.96. The van der Waals surface area contributed by atoms with Crippen LogP contribution in [0.5, 0.6) is 0 Å². The highest BCUT2D eigenvalue weighted by Crippen LogP contribution is 2.35. The van der Waals surface area contributed by atoms with Crippen molar-refractivity contribution in [2.45, 2.75) is 44.4 Å². The van der Waals surface area contributed by atoms with Crippen molar-refractivity contribution in [3.8, 4) is 0 Å². The Kier molecular flexibility index (Phi) is 4.56. The molecule has 2 fully saturated rings. The molecule has 5 nitrogen and oxygen atoms in total. The molecule has 0 saturated heterocycles. The van der Waals surface area contributed by atoms with Crippen LogP contribution in [0.4, 0.5) is 5.82 Å². The van der Waals surface area contributed by atoms with Crippen LogP contribution in [-0.2, 0) is 4.79 Å². The summed E-state index contributed by atoms with van der Waals surface area (Å²) in [4.78, 5) is 13.9. The maximum atomic E-state index is 10.8. The summed E-state index contributed by atoms with van der Waals surface area (Å²) in [6.07, 6.45) is 7.16. The zero-order valence-corrected chi connectivity index (χ0v) is 11.1. The summed E-state index contributed by atoms with van der Waals surface area (Å²) in [5, 5.41) is 6.80. The van der Waals surface area contributed by atoms with E-state index in [1.54, 1.807) is 0 Å². The Hall–Kier alpha value is -1.83. The minimum absolute atomic E-state index is 0.102. The fourth-order valence-corrected chi connectivity index (χ4v) is 2.22. The molecule has 19 heavy (non-hydrogen) atoms. The van der Waals surface area contributed by atoms with E-state index < -0.39 is 0 Å². The number of H-pyrrole nitrogens is 1. The minimum atomic E-state index is 0.102. The van der Waals surface area contributed by atoms with E-state index in [0.717, 1.165) is 12.8 Å². The molecule has 2 aliphatic carbocycles. The lowest BCUT2D eigenvalue weighted by molar-refractivity contribution is -0.123. The van der Waals surface area contributed by atoms with Crippen LogP contribution in [-0.4, -0.2) is 22.5 Å². The second-order valence-corrected chi connectivity index (χ2v) is 5.29. The minimum Gasteiger partial charge on any atom is -0.382 e. The van der Waals surface area contributed by atoms with E-state index in [1.807, 2.05) is 6.07 Å². The van der Waals surface area contributed by atoms with Gasteiger partial charge in [-0.2, -0.15) is 5.10 Å². The summed E-state index contributed by atoms with van der Waals surface area (Å²) in [6, 6.07) is 1.93. The fraction of sp³-hybridized carbons (Fsp3) is 0.643. The van der Waals surface area contributed by atoms with Gasteiger partial charge in [-0.15, -0.1) is 0 Å². The van der Waals surface area contributed by atoms with Crippen molar-refractivity contribution in [1.82, 2.24) is 10.2 Å². The highest BCUT2D eigenvalue weighted by Gasteiger charge is 2.26. The Morgan fingerprint density at radius 1 is 1.42 bits per heavy atom. The number of hydrogen-bond donors (Lipinski definition) is 2. The second kappa shape index (κ2) is 6.37. The molecule has 0 aromatic carbocycles. The summed E-state index contributed by atoms with van der Waals surface area (Å²) < 4.78 is 0. The number of aromatic amines is 1. The van der Waals surface area contributed by atoms with Gasteiger partial charge in [-0.3, -0.25) is 9.89 Å². The topological polar surface area (TPSA) is 76.1 Å². The highest BCUT2D eigenvalue weighted by atomic mass is 16.1. The van der Waals surface area contributed by atoms with Crippen molar-refractivity contribution >= 4 is 11.6 Å². The van der Waals surface area contributed by atoms with Crippen LogP contribution in [0, 0.1) is 12.5 Å². The molecule has 2 saturated carbocycles. The lowest BCUT2D eigenvalue weighted by atomic mass is 9.82. The molecule has 102 valence electrons. The molecule has 1 aromatic heterocycles. The first-order valence-electron chi connectivity index (χ1n) is 6.87. The van der Waals surface area contributed by atoms with Crippen molar-refractivity contribution in [3.63, 3.8) is 0 Å². The monoisotopic (exact) mass is 260 g/mol. The zero-order chi connectivity index (χ0) is 13.7. The third kappa shape index (κ3) is 3.57. The summed E-state index contributed by atoms with van der Waals surface area (Å²) in [6.45, 7) is 6.53. The maximum absolute atomic E-state index is 10.8. The molecule has 1 aromatic rings. The standard InChI is InChI=1S/C7H11N3.C7H9NO/c8-7-4-6(9-10-7)5-2-1-3-5;1-8-5-7(9)6-3-2-4-6/h4-5H,1-3H2,(H3,8,9,10);6H,2-5H2. The van der Waals surface area contributed by atoms with Gasteiger partial charge in [-0.1, -0.05) is 12.8 Å². The van der Waals surface area contributed by atoms with Gasteiger partial charge in [-0.05, 0) is 25.7 Å². The molecular weight excluding hydrogens is 240 g/mol. The number of carbonyl (C=O) groups is 1. The smallest absolute Gasteiger partial charge is 0.272 e. The van der Waals surface area contributed by atoms with Crippen LogP contribution in [0.2, 0.25) is 0 Å². The lowest BCUT2D eigenvalue weighted by Crippen LogP contribution is -2.23. The second-order valence-electron chi connectivity index (χ2n) is 5.29. The summed E-state index contributed by atoms with van der Waals surface area (Å²) in [7, 11) is 0. The van der Waals surface area contributed by atoms with Gasteiger partial charge in [0.15, 0.2) is 0 Å². The van der Waals surface area contributed by atoms with E-state index in [9.17, 15) is 4.79 Å². The molecule has 0 bridgehead atoms. The molecule has 0 spiro atoms. The Labute approximate surface area is 113 Å². The zero-order valence-electron chi connectivity index (χ0n) is 11.1. The largest absolute Gasteiger partial charge is 0.382 e. The Balaban J connectivity index is 0.000000141. The van der Waals surface area contributed by atoms with Crippen LogP contribution in [0.3, 0.4) is 0 Å². The summed E-state index contributed by atoms with van der Waals surface area (Å²) >= 11 is 0. The van der Waals surface area contributed by atoms with Gasteiger partial charge < -0.3 is 10.6 Å². The number of hydrogen-bond acceptors (Lipinski definition) is 3. The van der Waals surface area contributed by atoms with Crippen LogP contribution in [0.25, 0.3) is 4.85 Å². The number of nitrogens with two attached hydrogens (primary N) is 1. The van der Waals surface area contributed by atoms with Gasteiger partial charge in [0.1, 0.15) is 5.82 Å². The number of nitrogens with zero attached hydrogens (tertiary/aromatic N) is 2. The molecule has 3 rings (SSSR count). The number of nitrogen functional groups attached to an aromatic ring is 1. The molecule has 0 atom stereocenters. The van der Waals surface area contributed by atoms with Crippen molar-refractivity contribution in [3.05, 3.63) is 23.2 Å². The first-order valence-corrected chi connectivity index (χ1v) is 6.87. The lowest BCUT2D eigenvalue weighted by Gasteiger charge is -2.23. The van der Waals surface area contributed by atoms with Crippen LogP contribution in [0.1, 0.15) is 50.1 Å². The predicted octanol–water partition coefficient (Wildman–Crippen LogP) is 2.53. The van der Waals surface area contributed by atoms with Crippen LogP contribution in [0.15, 0.2) is 6.07 Å². The molecule has 0 radical (unpaired) electrons. The Morgan fingerprint density at radius 2 is 2.11 bits per heavy atom. The fourth-order valence-electron chi connectivity index (χ4n) is 2.22. The van der Waals surface area contributed by atoms with Gasteiger partial charge in [0.25, 0.3) is 6.54 Å². The molecule has 0 amide bonds. The molecule has 0 aliphatic heterocycles. The van der Waals surface area contributed by atoms with Crippen LogP contribution >= 0.6 is 0 Å². The third-order valence-electron chi connectivity index (χ3n) is 3.96. The van der Waals surface area contributed by atoms with E-state index in [0.29, 0.717) is 11.7 Å². The van der Waals surface area contributed by atoms with Gasteiger partial charge in [0, 0.05) is 23.6 Å². The van der Waals surface area contributed by atoms with Gasteiger partial charge >= 0.3 is 0 Å². The molecule has 5 heteroatoms. The molecule has 0 unspecified atom stereocenters. The van der Waals surface area contributed by atoms with Crippen molar-refractivity contribution in [2.24, 2.45) is 5.92 Å². The Morgan fingerprint density at radius 3 is 2.47 bits per heavy atom. The number of nitrogens with one attached hydrogen (secondary N) is 1. The number of ketones is 1. The number of rotatable bonds is 3. The van der Waals surface area contributed by atoms with E-state index in [4.69, 9.17) is 12.3 Å². The molecular formula is C14H20N4O. The quantitative estimate of drug-likeness (QED) is 0.820. The molecule has 3 N–H and O–H groups in total. The summed E-state index contributed by atoms with van der Waals surface area (Å²) in [5.74, 6) is 1.72. The normalized spacial score (nSPS) is 18.5. The average molecular weight is 260 g/mol. The first kappa shape index (κ1) is 13.6. The molecule has 1 heterocycles. The predicted molar refractivity (Wildman–Crippen MR) is 73.4 cm³/mol. The summed E-state index contributed by atoms with van der Waals surface area (Å²) in [5.41, 5.74) is 6.66. The van der Waals surface area contributed by atoms with Gasteiger partial charge in [0.2, 0.25) is 5.78 Å². The van der Waals surface area contributed by atoms with Crippen molar-refractivity contribution < 1.29 is 4.79 Å². The van der Waals surface area contributed by atoms with E-state index in [2.05, 4.69) is 15.0 Å². The van der Waals surface area contributed by atoms with Crippen LogP contribution < -0.4 is 5.73 Å². The maximum Gasteiger partial charge on any atom is 0.272 e. The Bertz CT molecular complexity index is 466. The van der Waals surface area contributed by atoms with Gasteiger partial charge in [-0.25, -0.2) is 6.57 Å². The molecule has 2 aliphatic rings. The van der Waals surface area contributed by atoms with Crippen molar-refractivity contribution in [1.29, 1.82) is 0 Å². The number of carbonyl (C=O) groups excluding carboxylic acids is 1. The van der Waals surface area contributed by atoms with Gasteiger partial charge in [0.05, 0.1) is 0 Å². The average Bonchev–Trinajstić information content (AvgIpc) is 2.60. The van der Waals surface area contributed by atoms with E-state index >= 15 is 0 Å². The first-order chi connectivity index (χ1) is 9.20. The van der Waals surface area contributed by atoms with Crippen molar-refractivity contribution in [2.75, 3.05) is 12.3 Å². The number of aromatic nitrogens is 2. The SMILES string of the molecule is Nc1cc(C2CCC2)[nH]n1.[C-]#[N+]CC(=O)C1CCC1. The van der Waals surface area contributed by atoms with E-state index in [-0.39, 0.29) is 18.2 Å².